The van der Waals surface area contributed by atoms with Gasteiger partial charge in [-0.05, 0) is 18.9 Å². The van der Waals surface area contributed by atoms with E-state index in [0.29, 0.717) is 0 Å². The molecule has 1 aliphatic rings. The van der Waals surface area contributed by atoms with Crippen LogP contribution in [0.1, 0.15) is 13.3 Å². The van der Waals surface area contributed by atoms with Crippen molar-refractivity contribution in [2.24, 2.45) is 0 Å². The number of hydrogen-bond acceptors (Lipinski definition) is 0. The van der Waals surface area contributed by atoms with Crippen molar-refractivity contribution in [3.05, 3.63) is 23.3 Å². The molecule has 1 aliphatic carbocycles. The van der Waals surface area contributed by atoms with Crippen LogP contribution in [0.5, 0.6) is 0 Å². The van der Waals surface area contributed by atoms with Gasteiger partial charge in [0.1, 0.15) is 6.61 Å². The average Bonchev–Trinajstić information content (AvgIpc) is 2.14. The van der Waals surface area contributed by atoms with Crippen molar-refractivity contribution < 1.29 is 5.11 Å². The van der Waals surface area contributed by atoms with Gasteiger partial charge in [-0.3, -0.25) is 0 Å². The predicted molar refractivity (Wildman–Crippen MR) is 32.0 cm³/mol. The van der Waals surface area contributed by atoms with Crippen LogP contribution >= 0.6 is 0 Å². The van der Waals surface area contributed by atoms with E-state index in [9.17, 15) is 5.11 Å². The van der Waals surface area contributed by atoms with Gasteiger partial charge in [-0.25, -0.2) is 5.11 Å². The summed E-state index contributed by atoms with van der Waals surface area (Å²) in [5.41, 5.74) is 2.32. The van der Waals surface area contributed by atoms with Crippen LogP contribution in [0.2, 0.25) is 0 Å². The molecule has 1 heteroatoms. The lowest BCUT2D eigenvalue weighted by Gasteiger charge is -1.91. The fourth-order valence-corrected chi connectivity index (χ4v) is 0.835. The highest BCUT2D eigenvalue weighted by atomic mass is 16.3. The standard InChI is InChI=1S/C7H9O/c1-6-2-3-7(4-6)5-8/h2-3H,4-5H2,1H3. The molecule has 0 aromatic rings. The Morgan fingerprint density at radius 2 is 2.38 bits per heavy atom. The van der Waals surface area contributed by atoms with Crippen molar-refractivity contribution in [2.45, 2.75) is 13.3 Å². The largest absolute Gasteiger partial charge is 0.232 e. The van der Waals surface area contributed by atoms with Gasteiger partial charge in [0.2, 0.25) is 0 Å². The second kappa shape index (κ2) is 2.14. The molecule has 1 rings (SSSR count). The third-order valence-corrected chi connectivity index (χ3v) is 1.29. The Morgan fingerprint density at radius 3 is 2.62 bits per heavy atom. The Morgan fingerprint density at radius 1 is 1.62 bits per heavy atom. The lowest BCUT2D eigenvalue weighted by atomic mass is 10.2. The van der Waals surface area contributed by atoms with E-state index in [-0.39, 0.29) is 6.61 Å². The highest BCUT2D eigenvalue weighted by molar-refractivity contribution is 5.28. The first-order valence-corrected chi connectivity index (χ1v) is 2.76. The SMILES string of the molecule is CC1=CC=C(C[O])C1. The van der Waals surface area contributed by atoms with Crippen molar-refractivity contribution in [3.8, 4) is 0 Å². The van der Waals surface area contributed by atoms with Crippen LogP contribution < -0.4 is 0 Å². The van der Waals surface area contributed by atoms with Gasteiger partial charge in [-0.15, -0.1) is 0 Å². The van der Waals surface area contributed by atoms with E-state index in [4.69, 9.17) is 0 Å². The minimum absolute atomic E-state index is 0.0339. The van der Waals surface area contributed by atoms with Crippen molar-refractivity contribution in [3.63, 3.8) is 0 Å². The minimum Gasteiger partial charge on any atom is -0.232 e. The summed E-state index contributed by atoms with van der Waals surface area (Å²) in [6.45, 7) is 2.01. The fraction of sp³-hybridized carbons (Fsp3) is 0.429. The molecule has 43 valence electrons. The van der Waals surface area contributed by atoms with E-state index in [2.05, 4.69) is 0 Å². The van der Waals surface area contributed by atoms with E-state index in [0.717, 1.165) is 12.0 Å². The number of allylic oxidation sites excluding steroid dienone is 3. The van der Waals surface area contributed by atoms with Gasteiger partial charge in [-0.2, -0.15) is 0 Å². The molecule has 0 aromatic heterocycles. The second-order valence-corrected chi connectivity index (χ2v) is 2.16. The summed E-state index contributed by atoms with van der Waals surface area (Å²) in [4.78, 5) is 0. The Labute approximate surface area is 49.3 Å². The van der Waals surface area contributed by atoms with Crippen molar-refractivity contribution in [1.82, 2.24) is 0 Å². The van der Waals surface area contributed by atoms with Gasteiger partial charge in [-0.1, -0.05) is 17.7 Å². The quantitative estimate of drug-likeness (QED) is 0.488. The molecule has 8 heavy (non-hydrogen) atoms. The van der Waals surface area contributed by atoms with Gasteiger partial charge in [0.15, 0.2) is 0 Å². The zero-order valence-corrected chi connectivity index (χ0v) is 4.98. The van der Waals surface area contributed by atoms with Crippen molar-refractivity contribution in [1.29, 1.82) is 0 Å². The molecule has 1 nitrogen and oxygen atoms in total. The van der Waals surface area contributed by atoms with Crippen LogP contribution in [0.4, 0.5) is 0 Å². The summed E-state index contributed by atoms with van der Waals surface area (Å²) in [6, 6.07) is 0. The van der Waals surface area contributed by atoms with Gasteiger partial charge >= 0.3 is 0 Å². The zero-order valence-electron chi connectivity index (χ0n) is 4.98. The molecule has 0 spiro atoms. The van der Waals surface area contributed by atoms with Gasteiger partial charge < -0.3 is 0 Å². The van der Waals surface area contributed by atoms with Crippen LogP contribution in [-0.4, -0.2) is 6.61 Å². The Hall–Kier alpha value is -0.560. The van der Waals surface area contributed by atoms with Crippen molar-refractivity contribution >= 4 is 0 Å². The summed E-state index contributed by atoms with van der Waals surface area (Å²) in [7, 11) is 0. The molecule has 0 amide bonds. The van der Waals surface area contributed by atoms with Crippen molar-refractivity contribution in [2.75, 3.05) is 6.61 Å². The van der Waals surface area contributed by atoms with E-state index in [1.807, 2.05) is 19.1 Å². The summed E-state index contributed by atoms with van der Waals surface area (Å²) < 4.78 is 0. The highest BCUT2D eigenvalue weighted by Crippen LogP contribution is 2.16. The Kier molecular flexibility index (Phi) is 1.49. The maximum Gasteiger partial charge on any atom is 0.104 e. The molecular formula is C7H9O. The first-order chi connectivity index (χ1) is 3.83. The molecule has 0 aromatic carbocycles. The Bertz CT molecular complexity index is 142. The van der Waals surface area contributed by atoms with E-state index in [1.165, 1.54) is 5.57 Å². The smallest absolute Gasteiger partial charge is 0.104 e. The monoisotopic (exact) mass is 109 g/mol. The lowest BCUT2D eigenvalue weighted by molar-refractivity contribution is 0.222. The maximum atomic E-state index is 10.2. The third-order valence-electron chi connectivity index (χ3n) is 1.29. The third kappa shape index (κ3) is 0.984. The summed E-state index contributed by atoms with van der Waals surface area (Å²) in [5, 5.41) is 10.2. The van der Waals surface area contributed by atoms with Crippen LogP contribution in [0.15, 0.2) is 23.3 Å². The zero-order chi connectivity index (χ0) is 5.98. The second-order valence-electron chi connectivity index (χ2n) is 2.16. The highest BCUT2D eigenvalue weighted by Gasteiger charge is 2.01. The first-order valence-electron chi connectivity index (χ1n) is 2.76. The molecule has 0 saturated heterocycles. The molecule has 0 heterocycles. The van der Waals surface area contributed by atoms with Gasteiger partial charge in [0, 0.05) is 0 Å². The first kappa shape index (κ1) is 5.57. The van der Waals surface area contributed by atoms with Crippen LogP contribution in [0, 0.1) is 0 Å². The van der Waals surface area contributed by atoms with Gasteiger partial charge in [0.05, 0.1) is 0 Å². The maximum absolute atomic E-state index is 10.2. The molecule has 0 aliphatic heterocycles. The molecule has 1 radical (unpaired) electrons. The fourth-order valence-electron chi connectivity index (χ4n) is 0.835. The summed E-state index contributed by atoms with van der Waals surface area (Å²) in [6.07, 6.45) is 4.83. The van der Waals surface area contributed by atoms with Crippen LogP contribution in [0.3, 0.4) is 0 Å². The topological polar surface area (TPSA) is 19.9 Å². The predicted octanol–water partition coefficient (Wildman–Crippen LogP) is 1.69. The molecular weight excluding hydrogens is 100 g/mol. The molecule has 0 N–H and O–H groups in total. The molecule has 0 atom stereocenters. The average molecular weight is 109 g/mol. The molecule has 0 saturated carbocycles. The lowest BCUT2D eigenvalue weighted by Crippen LogP contribution is -1.83. The van der Waals surface area contributed by atoms with Crippen LogP contribution in [0.25, 0.3) is 0 Å². The number of hydrogen-bond donors (Lipinski definition) is 0. The van der Waals surface area contributed by atoms with Crippen LogP contribution in [-0.2, 0) is 5.11 Å². The minimum atomic E-state index is -0.0339. The molecule has 0 bridgehead atoms. The molecule has 0 unspecified atom stereocenters. The Balaban J connectivity index is 2.49. The summed E-state index contributed by atoms with van der Waals surface area (Å²) in [5.74, 6) is 0. The molecule has 0 fully saturated rings. The van der Waals surface area contributed by atoms with Gasteiger partial charge in [0.25, 0.3) is 0 Å². The van der Waals surface area contributed by atoms with E-state index >= 15 is 0 Å². The number of rotatable bonds is 1. The summed E-state index contributed by atoms with van der Waals surface area (Å²) >= 11 is 0. The van der Waals surface area contributed by atoms with E-state index in [1.54, 1.807) is 0 Å². The van der Waals surface area contributed by atoms with E-state index < -0.39 is 0 Å². The normalized spacial score (nSPS) is 18.2.